The Morgan fingerprint density at radius 1 is 1.33 bits per heavy atom. The lowest BCUT2D eigenvalue weighted by molar-refractivity contribution is -0.141. The Morgan fingerprint density at radius 3 is 2.27 bits per heavy atom. The summed E-state index contributed by atoms with van der Waals surface area (Å²) >= 11 is 0. The largest absolute Gasteiger partial charge is 0.468 e. The van der Waals surface area contributed by atoms with E-state index in [0.717, 1.165) is 0 Å². The molecular weight excluding hydrogens is 194 g/mol. The molecule has 1 unspecified atom stereocenters. The van der Waals surface area contributed by atoms with Gasteiger partial charge < -0.3 is 10.1 Å². The highest BCUT2D eigenvalue weighted by Gasteiger charge is 2.22. The lowest BCUT2D eigenvalue weighted by atomic mass is 9.80. The lowest BCUT2D eigenvalue weighted by Gasteiger charge is -2.26. The Morgan fingerprint density at radius 2 is 1.87 bits per heavy atom. The van der Waals surface area contributed by atoms with E-state index < -0.39 is 5.97 Å². The summed E-state index contributed by atoms with van der Waals surface area (Å²) in [5.41, 5.74) is 0.0998. The van der Waals surface area contributed by atoms with Crippen molar-refractivity contribution < 1.29 is 14.3 Å². The number of carbonyl (C=O) groups excluding carboxylic acids is 2. The van der Waals surface area contributed by atoms with Crippen molar-refractivity contribution in [2.24, 2.45) is 11.3 Å². The molecule has 4 heteroatoms. The third kappa shape index (κ3) is 6.10. The summed E-state index contributed by atoms with van der Waals surface area (Å²) in [6.45, 7) is 8.24. The Bertz CT molecular complexity index is 230. The monoisotopic (exact) mass is 215 g/mol. The highest BCUT2D eigenvalue weighted by atomic mass is 16.5. The summed E-state index contributed by atoms with van der Waals surface area (Å²) in [5, 5.41) is 2.52. The molecule has 0 rings (SSSR count). The van der Waals surface area contributed by atoms with Crippen molar-refractivity contribution in [3.8, 4) is 0 Å². The van der Waals surface area contributed by atoms with Gasteiger partial charge in [-0.1, -0.05) is 27.7 Å². The number of hydrogen-bond acceptors (Lipinski definition) is 3. The van der Waals surface area contributed by atoms with E-state index in [4.69, 9.17) is 0 Å². The normalized spacial score (nSPS) is 13.1. The van der Waals surface area contributed by atoms with E-state index in [1.54, 1.807) is 0 Å². The fourth-order valence-electron chi connectivity index (χ4n) is 0.899. The molecule has 0 saturated heterocycles. The van der Waals surface area contributed by atoms with Crippen LogP contribution in [-0.2, 0) is 14.3 Å². The third-order valence-electron chi connectivity index (χ3n) is 2.63. The predicted molar refractivity (Wildman–Crippen MR) is 58.3 cm³/mol. The average molecular weight is 215 g/mol. The minimum atomic E-state index is -0.424. The van der Waals surface area contributed by atoms with Gasteiger partial charge in [0.05, 0.1) is 7.11 Å². The average Bonchev–Trinajstić information content (AvgIpc) is 2.12. The molecule has 0 aliphatic heterocycles. The third-order valence-corrected chi connectivity index (χ3v) is 2.63. The second-order valence-corrected chi connectivity index (χ2v) is 4.82. The molecule has 0 fully saturated rings. The van der Waals surface area contributed by atoms with Gasteiger partial charge in [-0.25, -0.2) is 0 Å². The van der Waals surface area contributed by atoms with Gasteiger partial charge in [-0.3, -0.25) is 9.59 Å². The van der Waals surface area contributed by atoms with Crippen LogP contribution in [0.5, 0.6) is 0 Å². The SMILES string of the molecule is COC(=O)CNC(=O)CC(C)C(C)(C)C. The zero-order valence-corrected chi connectivity index (χ0v) is 10.2. The molecule has 0 aromatic carbocycles. The molecule has 0 radical (unpaired) electrons. The fraction of sp³-hybridized carbons (Fsp3) is 0.818. The van der Waals surface area contributed by atoms with Crippen LogP contribution < -0.4 is 5.32 Å². The van der Waals surface area contributed by atoms with Crippen LogP contribution in [-0.4, -0.2) is 25.5 Å². The van der Waals surface area contributed by atoms with Gasteiger partial charge in [0, 0.05) is 6.42 Å². The van der Waals surface area contributed by atoms with Crippen molar-refractivity contribution in [1.82, 2.24) is 5.32 Å². The summed E-state index contributed by atoms with van der Waals surface area (Å²) in [6.07, 6.45) is 0.431. The molecule has 0 saturated carbocycles. The Kier molecular flexibility index (Phi) is 5.33. The molecule has 15 heavy (non-hydrogen) atoms. The van der Waals surface area contributed by atoms with Crippen molar-refractivity contribution in [2.75, 3.05) is 13.7 Å². The maximum absolute atomic E-state index is 11.4. The second kappa shape index (κ2) is 5.73. The predicted octanol–water partition coefficient (Wildman–Crippen LogP) is 1.35. The first kappa shape index (κ1) is 13.9. The molecule has 0 heterocycles. The first-order chi connectivity index (χ1) is 6.77. The van der Waals surface area contributed by atoms with Crippen molar-refractivity contribution >= 4 is 11.9 Å². The van der Waals surface area contributed by atoms with E-state index in [0.29, 0.717) is 6.42 Å². The van der Waals surface area contributed by atoms with Crippen LogP contribution in [0.25, 0.3) is 0 Å². The molecular formula is C11H21NO3. The minimum Gasteiger partial charge on any atom is -0.468 e. The summed E-state index contributed by atoms with van der Waals surface area (Å²) in [4.78, 5) is 22.2. The summed E-state index contributed by atoms with van der Waals surface area (Å²) in [7, 11) is 1.30. The molecule has 0 aromatic rings. The molecule has 88 valence electrons. The fourth-order valence-corrected chi connectivity index (χ4v) is 0.899. The molecule has 1 amide bonds. The zero-order valence-electron chi connectivity index (χ0n) is 10.2. The van der Waals surface area contributed by atoms with Crippen LogP contribution in [0, 0.1) is 11.3 Å². The maximum atomic E-state index is 11.4. The van der Waals surface area contributed by atoms with Crippen LogP contribution in [0.4, 0.5) is 0 Å². The lowest BCUT2D eigenvalue weighted by Crippen LogP contribution is -2.33. The number of hydrogen-bond donors (Lipinski definition) is 1. The van der Waals surface area contributed by atoms with Gasteiger partial charge in [-0.15, -0.1) is 0 Å². The maximum Gasteiger partial charge on any atom is 0.325 e. The zero-order chi connectivity index (χ0) is 12.1. The molecule has 1 atom stereocenters. The molecule has 0 aromatic heterocycles. The van der Waals surface area contributed by atoms with Crippen molar-refractivity contribution in [2.45, 2.75) is 34.1 Å². The quantitative estimate of drug-likeness (QED) is 0.720. The van der Waals surface area contributed by atoms with Crippen LogP contribution in [0.1, 0.15) is 34.1 Å². The van der Waals surface area contributed by atoms with Gasteiger partial charge in [-0.05, 0) is 11.3 Å². The van der Waals surface area contributed by atoms with Crippen LogP contribution in [0.2, 0.25) is 0 Å². The van der Waals surface area contributed by atoms with Gasteiger partial charge in [-0.2, -0.15) is 0 Å². The number of rotatable bonds is 4. The Labute approximate surface area is 91.4 Å². The van der Waals surface area contributed by atoms with Crippen molar-refractivity contribution in [3.63, 3.8) is 0 Å². The van der Waals surface area contributed by atoms with Gasteiger partial charge in [0.25, 0.3) is 0 Å². The van der Waals surface area contributed by atoms with Gasteiger partial charge in [0.15, 0.2) is 0 Å². The number of amides is 1. The highest BCUT2D eigenvalue weighted by molar-refractivity contribution is 5.81. The van der Waals surface area contributed by atoms with E-state index in [-0.39, 0.29) is 23.8 Å². The molecule has 4 nitrogen and oxygen atoms in total. The molecule has 1 N–H and O–H groups in total. The Hall–Kier alpha value is -1.06. The standard InChI is InChI=1S/C11H21NO3/c1-8(11(2,3)4)6-9(13)12-7-10(14)15-5/h8H,6-7H2,1-5H3,(H,12,13). The highest BCUT2D eigenvalue weighted by Crippen LogP contribution is 2.27. The van der Waals surface area contributed by atoms with Gasteiger partial charge in [0.1, 0.15) is 6.54 Å². The molecule has 0 spiro atoms. The summed E-state index contributed by atoms with van der Waals surface area (Å²) in [5.74, 6) is -0.260. The Balaban J connectivity index is 3.90. The number of nitrogens with one attached hydrogen (secondary N) is 1. The van der Waals surface area contributed by atoms with E-state index in [9.17, 15) is 9.59 Å². The van der Waals surface area contributed by atoms with E-state index in [1.807, 2.05) is 6.92 Å². The van der Waals surface area contributed by atoms with E-state index in [2.05, 4.69) is 30.8 Å². The van der Waals surface area contributed by atoms with Gasteiger partial charge in [0.2, 0.25) is 5.91 Å². The topological polar surface area (TPSA) is 55.4 Å². The van der Waals surface area contributed by atoms with Crippen molar-refractivity contribution in [3.05, 3.63) is 0 Å². The molecule has 0 bridgehead atoms. The summed E-state index contributed by atoms with van der Waals surface area (Å²) in [6, 6.07) is 0. The second-order valence-electron chi connectivity index (χ2n) is 4.82. The first-order valence-corrected chi connectivity index (χ1v) is 5.11. The summed E-state index contributed by atoms with van der Waals surface area (Å²) < 4.78 is 4.42. The number of carbonyl (C=O) groups is 2. The van der Waals surface area contributed by atoms with Crippen LogP contribution in [0.3, 0.4) is 0 Å². The number of methoxy groups -OCH3 is 1. The van der Waals surface area contributed by atoms with Gasteiger partial charge >= 0.3 is 5.97 Å². The number of ether oxygens (including phenoxy) is 1. The number of esters is 1. The smallest absolute Gasteiger partial charge is 0.325 e. The van der Waals surface area contributed by atoms with E-state index in [1.165, 1.54) is 7.11 Å². The van der Waals surface area contributed by atoms with E-state index >= 15 is 0 Å². The minimum absolute atomic E-state index is 0.0494. The van der Waals surface area contributed by atoms with Crippen LogP contribution >= 0.6 is 0 Å². The first-order valence-electron chi connectivity index (χ1n) is 5.11. The van der Waals surface area contributed by atoms with Crippen molar-refractivity contribution in [1.29, 1.82) is 0 Å². The van der Waals surface area contributed by atoms with Crippen LogP contribution in [0.15, 0.2) is 0 Å². The molecule has 0 aliphatic rings. The molecule has 0 aliphatic carbocycles.